The first-order valence-electron chi connectivity index (χ1n) is 4.86. The number of nitrogens with zero attached hydrogens (tertiary/aromatic N) is 3. The van der Waals surface area contributed by atoms with Crippen molar-refractivity contribution < 1.29 is 5.11 Å². The normalized spacial score (nSPS) is 13.3. The number of hydrogen-bond acceptors (Lipinski definition) is 4. The predicted molar refractivity (Wildman–Crippen MR) is 57.1 cm³/mol. The molecule has 0 radical (unpaired) electrons. The Hall–Kier alpha value is -1.46. The minimum Gasteiger partial charge on any atom is -0.396 e. The lowest BCUT2D eigenvalue weighted by molar-refractivity contribution is 0.276. The highest BCUT2D eigenvalue weighted by Crippen LogP contribution is 2.17. The highest BCUT2D eigenvalue weighted by Gasteiger charge is 2.08. The minimum atomic E-state index is -0.172. The zero-order valence-electron chi connectivity index (χ0n) is 8.59. The highest BCUT2D eigenvalue weighted by molar-refractivity contribution is 5.71. The maximum absolute atomic E-state index is 8.80. The summed E-state index contributed by atoms with van der Waals surface area (Å²) in [4.78, 5) is 8.49. The summed E-state index contributed by atoms with van der Waals surface area (Å²) in [5.74, 6) is 0. The van der Waals surface area contributed by atoms with Crippen molar-refractivity contribution in [2.45, 2.75) is 12.5 Å². The van der Waals surface area contributed by atoms with Crippen molar-refractivity contribution in [1.29, 1.82) is 0 Å². The SMILES string of the molecule is Cn1cnc2cc(C(N)CCO)cnc21. The van der Waals surface area contributed by atoms with Gasteiger partial charge in [-0.15, -0.1) is 0 Å². The molecule has 2 aromatic rings. The average Bonchev–Trinajstić information content (AvgIpc) is 2.60. The third kappa shape index (κ3) is 1.84. The number of aromatic nitrogens is 3. The van der Waals surface area contributed by atoms with E-state index in [0.29, 0.717) is 6.42 Å². The van der Waals surface area contributed by atoms with Crippen molar-refractivity contribution in [3.8, 4) is 0 Å². The summed E-state index contributed by atoms with van der Waals surface area (Å²) in [6, 6.07) is 1.75. The Balaban J connectivity index is 2.38. The van der Waals surface area contributed by atoms with E-state index in [1.54, 1.807) is 12.5 Å². The third-order valence-corrected chi connectivity index (χ3v) is 2.44. The molecule has 1 atom stereocenters. The first-order valence-corrected chi connectivity index (χ1v) is 4.86. The van der Waals surface area contributed by atoms with Gasteiger partial charge in [0.25, 0.3) is 0 Å². The second kappa shape index (κ2) is 3.96. The summed E-state index contributed by atoms with van der Waals surface area (Å²) in [7, 11) is 1.90. The molecule has 0 aliphatic carbocycles. The van der Waals surface area contributed by atoms with E-state index in [2.05, 4.69) is 9.97 Å². The Bertz CT molecular complexity index is 465. The predicted octanol–water partition coefficient (Wildman–Crippen LogP) is 0.350. The number of nitrogens with two attached hydrogens (primary N) is 1. The zero-order chi connectivity index (χ0) is 10.8. The topological polar surface area (TPSA) is 77.0 Å². The molecule has 0 fully saturated rings. The van der Waals surface area contributed by atoms with E-state index in [9.17, 15) is 0 Å². The quantitative estimate of drug-likeness (QED) is 0.759. The summed E-state index contributed by atoms with van der Waals surface area (Å²) in [6.45, 7) is 0.0847. The van der Waals surface area contributed by atoms with Crippen molar-refractivity contribution in [3.63, 3.8) is 0 Å². The average molecular weight is 206 g/mol. The zero-order valence-corrected chi connectivity index (χ0v) is 8.59. The maximum atomic E-state index is 8.80. The van der Waals surface area contributed by atoms with Crippen molar-refractivity contribution in [2.24, 2.45) is 12.8 Å². The van der Waals surface area contributed by atoms with E-state index >= 15 is 0 Å². The smallest absolute Gasteiger partial charge is 0.159 e. The van der Waals surface area contributed by atoms with E-state index in [0.717, 1.165) is 16.7 Å². The molecule has 2 heterocycles. The van der Waals surface area contributed by atoms with Crippen LogP contribution in [0.4, 0.5) is 0 Å². The second-order valence-electron chi connectivity index (χ2n) is 3.59. The van der Waals surface area contributed by atoms with Crippen molar-refractivity contribution in [1.82, 2.24) is 14.5 Å². The lowest BCUT2D eigenvalue weighted by Gasteiger charge is -2.09. The molecule has 1 unspecified atom stereocenters. The molecular formula is C10H14N4O. The Kier molecular flexibility index (Phi) is 2.66. The molecule has 0 saturated carbocycles. The van der Waals surface area contributed by atoms with Crippen LogP contribution in [0, 0.1) is 0 Å². The van der Waals surface area contributed by atoms with Crippen LogP contribution >= 0.6 is 0 Å². The molecule has 2 aromatic heterocycles. The van der Waals surface area contributed by atoms with Gasteiger partial charge in [-0.1, -0.05) is 0 Å². The number of aliphatic hydroxyl groups is 1. The summed E-state index contributed by atoms with van der Waals surface area (Å²) in [5, 5.41) is 8.80. The van der Waals surface area contributed by atoms with Crippen LogP contribution in [0.15, 0.2) is 18.6 Å². The fourth-order valence-corrected chi connectivity index (χ4v) is 1.54. The fourth-order valence-electron chi connectivity index (χ4n) is 1.54. The van der Waals surface area contributed by atoms with Crippen LogP contribution in [-0.2, 0) is 7.05 Å². The van der Waals surface area contributed by atoms with Crippen molar-refractivity contribution in [3.05, 3.63) is 24.2 Å². The highest BCUT2D eigenvalue weighted by atomic mass is 16.3. The summed E-state index contributed by atoms with van der Waals surface area (Å²) in [6.07, 6.45) is 4.00. The van der Waals surface area contributed by atoms with Crippen molar-refractivity contribution in [2.75, 3.05) is 6.61 Å². The fraction of sp³-hybridized carbons (Fsp3) is 0.400. The molecule has 5 heteroatoms. The molecule has 2 rings (SSSR count). The second-order valence-corrected chi connectivity index (χ2v) is 3.59. The molecule has 0 saturated heterocycles. The van der Waals surface area contributed by atoms with Gasteiger partial charge in [0, 0.05) is 25.9 Å². The first-order chi connectivity index (χ1) is 7.22. The molecule has 0 aromatic carbocycles. The lowest BCUT2D eigenvalue weighted by atomic mass is 10.1. The van der Waals surface area contributed by atoms with Gasteiger partial charge in [-0.05, 0) is 18.1 Å². The molecule has 0 bridgehead atoms. The molecule has 80 valence electrons. The summed E-state index contributed by atoms with van der Waals surface area (Å²) in [5.41, 5.74) is 8.46. The number of aryl methyl sites for hydroxylation is 1. The van der Waals surface area contributed by atoms with E-state index in [1.807, 2.05) is 17.7 Å². The van der Waals surface area contributed by atoms with Gasteiger partial charge in [0.2, 0.25) is 0 Å². The molecule has 0 spiro atoms. The minimum absolute atomic E-state index is 0.0847. The number of hydrogen-bond donors (Lipinski definition) is 2. The molecule has 5 nitrogen and oxygen atoms in total. The Labute approximate surface area is 87.6 Å². The maximum Gasteiger partial charge on any atom is 0.159 e. The number of aliphatic hydroxyl groups excluding tert-OH is 1. The van der Waals surface area contributed by atoms with Crippen LogP contribution < -0.4 is 5.73 Å². The van der Waals surface area contributed by atoms with Crippen molar-refractivity contribution >= 4 is 11.2 Å². The van der Waals surface area contributed by atoms with Crippen LogP contribution in [0.1, 0.15) is 18.0 Å². The van der Waals surface area contributed by atoms with E-state index < -0.39 is 0 Å². The Morgan fingerprint density at radius 2 is 2.33 bits per heavy atom. The monoisotopic (exact) mass is 206 g/mol. The van der Waals surface area contributed by atoms with Gasteiger partial charge in [-0.25, -0.2) is 9.97 Å². The summed E-state index contributed by atoms with van der Waals surface area (Å²) < 4.78 is 1.86. The van der Waals surface area contributed by atoms with Gasteiger partial charge in [0.15, 0.2) is 5.65 Å². The van der Waals surface area contributed by atoms with E-state index in [-0.39, 0.29) is 12.6 Å². The Morgan fingerprint density at radius 3 is 3.07 bits per heavy atom. The number of imidazole rings is 1. The summed E-state index contributed by atoms with van der Waals surface area (Å²) >= 11 is 0. The van der Waals surface area contributed by atoms with E-state index in [4.69, 9.17) is 10.8 Å². The van der Waals surface area contributed by atoms with Gasteiger partial charge >= 0.3 is 0 Å². The standard InChI is InChI=1S/C10H14N4O/c1-14-6-13-9-4-7(5-12-10(9)14)8(11)2-3-15/h4-6,8,15H,2-3,11H2,1H3. The molecule has 3 N–H and O–H groups in total. The molecule has 15 heavy (non-hydrogen) atoms. The van der Waals surface area contributed by atoms with Gasteiger partial charge in [0.05, 0.1) is 6.33 Å². The first kappa shape index (κ1) is 10.1. The molecular weight excluding hydrogens is 192 g/mol. The van der Waals surface area contributed by atoms with Crippen LogP contribution in [0.25, 0.3) is 11.2 Å². The van der Waals surface area contributed by atoms with E-state index in [1.165, 1.54) is 0 Å². The molecule has 0 aliphatic heterocycles. The van der Waals surface area contributed by atoms with Gasteiger partial charge < -0.3 is 15.4 Å². The van der Waals surface area contributed by atoms with Crippen LogP contribution in [-0.4, -0.2) is 26.2 Å². The molecule has 0 aliphatic rings. The van der Waals surface area contributed by atoms with Crippen LogP contribution in [0.5, 0.6) is 0 Å². The molecule has 0 amide bonds. The third-order valence-electron chi connectivity index (χ3n) is 2.44. The van der Waals surface area contributed by atoms with Crippen LogP contribution in [0.2, 0.25) is 0 Å². The van der Waals surface area contributed by atoms with Crippen LogP contribution in [0.3, 0.4) is 0 Å². The Morgan fingerprint density at radius 1 is 1.53 bits per heavy atom. The largest absolute Gasteiger partial charge is 0.396 e. The number of fused-ring (bicyclic) bond motifs is 1. The van der Waals surface area contributed by atoms with Gasteiger partial charge in [-0.3, -0.25) is 0 Å². The lowest BCUT2D eigenvalue weighted by Crippen LogP contribution is -2.12. The number of rotatable bonds is 3. The van der Waals surface area contributed by atoms with Gasteiger partial charge in [-0.2, -0.15) is 0 Å². The number of pyridine rings is 1. The van der Waals surface area contributed by atoms with Gasteiger partial charge in [0.1, 0.15) is 5.52 Å².